The number of carbonyl (C=O) groups excluding carboxylic acids is 1. The van der Waals surface area contributed by atoms with Gasteiger partial charge >= 0.3 is 0 Å². The number of nitrogens with one attached hydrogen (secondary N) is 1. The summed E-state index contributed by atoms with van der Waals surface area (Å²) < 4.78 is 6.38. The zero-order valence-corrected chi connectivity index (χ0v) is 15.4. The summed E-state index contributed by atoms with van der Waals surface area (Å²) in [6, 6.07) is 15.8. The molecule has 0 aliphatic carbocycles. The minimum atomic E-state index is -0.294. The summed E-state index contributed by atoms with van der Waals surface area (Å²) in [4.78, 5) is 28.7. The maximum Gasteiger partial charge on any atom is 0.254 e. The molecule has 0 aliphatic rings. The van der Waals surface area contributed by atoms with Crippen LogP contribution in [0.1, 0.15) is 5.56 Å². The van der Waals surface area contributed by atoms with Crippen molar-refractivity contribution in [3.05, 3.63) is 81.9 Å². The molecule has 0 saturated heterocycles. The van der Waals surface area contributed by atoms with Gasteiger partial charge in [-0.2, -0.15) is 0 Å². The van der Waals surface area contributed by atoms with Gasteiger partial charge in [0.2, 0.25) is 5.91 Å². The highest BCUT2D eigenvalue weighted by Crippen LogP contribution is 2.19. The van der Waals surface area contributed by atoms with Crippen LogP contribution in [0.25, 0.3) is 11.3 Å². The third kappa shape index (κ3) is 4.95. The number of carbonyl (C=O) groups is 1. The Hall–Kier alpha value is -3.12. The first-order valence-corrected chi connectivity index (χ1v) is 8.65. The molecule has 1 N–H and O–H groups in total. The maximum atomic E-state index is 12.3. The first-order chi connectivity index (χ1) is 13.0. The lowest BCUT2D eigenvalue weighted by molar-refractivity contribution is -0.121. The van der Waals surface area contributed by atoms with Gasteiger partial charge in [0, 0.05) is 23.2 Å². The zero-order chi connectivity index (χ0) is 19.2. The van der Waals surface area contributed by atoms with Gasteiger partial charge in [-0.05, 0) is 42.0 Å². The lowest BCUT2D eigenvalue weighted by atomic mass is 10.1. The molecule has 3 rings (SSSR count). The first kappa shape index (κ1) is 18.7. The van der Waals surface area contributed by atoms with Gasteiger partial charge in [-0.25, -0.2) is 4.98 Å². The summed E-state index contributed by atoms with van der Waals surface area (Å²) >= 11 is 5.83. The van der Waals surface area contributed by atoms with E-state index < -0.39 is 0 Å². The molecule has 3 aromatic rings. The number of methoxy groups -OCH3 is 1. The predicted octanol–water partition coefficient (Wildman–Crippen LogP) is 2.89. The molecule has 0 unspecified atom stereocenters. The molecular formula is C20H18ClN3O3. The van der Waals surface area contributed by atoms with Gasteiger partial charge < -0.3 is 10.1 Å². The van der Waals surface area contributed by atoms with Gasteiger partial charge in [0.05, 0.1) is 19.1 Å². The second-order valence-electron chi connectivity index (χ2n) is 5.87. The number of ether oxygens (including phenoxy) is 1. The van der Waals surface area contributed by atoms with Crippen molar-refractivity contribution in [1.82, 2.24) is 14.9 Å². The van der Waals surface area contributed by atoms with Crippen LogP contribution in [-0.4, -0.2) is 22.6 Å². The van der Waals surface area contributed by atoms with E-state index in [1.807, 2.05) is 24.3 Å². The minimum Gasteiger partial charge on any atom is -0.497 e. The lowest BCUT2D eigenvalue weighted by Crippen LogP contribution is -2.31. The minimum absolute atomic E-state index is 0.0949. The standard InChI is InChI=1S/C20H18ClN3O3/c1-27-17-8-4-15(5-9-17)18-10-20(26)24(13-23-18)12-19(25)22-11-14-2-6-16(21)7-3-14/h2-10,13H,11-12H2,1H3,(H,22,25). The predicted molar refractivity (Wildman–Crippen MR) is 104 cm³/mol. The number of rotatable bonds is 6. The Bertz CT molecular complexity index is 983. The van der Waals surface area contributed by atoms with Crippen LogP contribution < -0.4 is 15.6 Å². The Balaban J connectivity index is 1.63. The van der Waals surface area contributed by atoms with Crippen molar-refractivity contribution in [3.63, 3.8) is 0 Å². The molecule has 138 valence electrons. The number of aromatic nitrogens is 2. The van der Waals surface area contributed by atoms with Crippen molar-refractivity contribution in [1.29, 1.82) is 0 Å². The number of halogens is 1. The summed E-state index contributed by atoms with van der Waals surface area (Å²) in [7, 11) is 1.59. The van der Waals surface area contributed by atoms with Crippen molar-refractivity contribution in [2.75, 3.05) is 7.11 Å². The molecule has 0 spiro atoms. The molecule has 2 aromatic carbocycles. The second kappa shape index (κ2) is 8.51. The van der Waals surface area contributed by atoms with Crippen LogP contribution in [0.4, 0.5) is 0 Å². The van der Waals surface area contributed by atoms with Gasteiger partial charge in [0.25, 0.3) is 5.56 Å². The van der Waals surface area contributed by atoms with Gasteiger partial charge in [-0.1, -0.05) is 23.7 Å². The fraction of sp³-hybridized carbons (Fsp3) is 0.150. The van der Waals surface area contributed by atoms with Crippen LogP contribution in [0.3, 0.4) is 0 Å². The number of hydrogen-bond acceptors (Lipinski definition) is 4. The molecule has 0 atom stereocenters. The molecule has 7 heteroatoms. The Morgan fingerprint density at radius 3 is 2.48 bits per heavy atom. The first-order valence-electron chi connectivity index (χ1n) is 8.27. The lowest BCUT2D eigenvalue weighted by Gasteiger charge is -2.08. The van der Waals surface area contributed by atoms with E-state index >= 15 is 0 Å². The normalized spacial score (nSPS) is 10.4. The Morgan fingerprint density at radius 2 is 1.85 bits per heavy atom. The number of nitrogens with zero attached hydrogens (tertiary/aromatic N) is 2. The van der Waals surface area contributed by atoms with Gasteiger partial charge in [-0.3, -0.25) is 14.2 Å². The van der Waals surface area contributed by atoms with Crippen LogP contribution in [0.5, 0.6) is 5.75 Å². The molecule has 1 heterocycles. The molecule has 0 fully saturated rings. The molecule has 1 amide bonds. The summed E-state index contributed by atoms with van der Waals surface area (Å²) in [5.74, 6) is 0.454. The number of benzene rings is 2. The van der Waals surface area contributed by atoms with E-state index in [4.69, 9.17) is 16.3 Å². The highest BCUT2D eigenvalue weighted by molar-refractivity contribution is 6.30. The molecule has 0 bridgehead atoms. The monoisotopic (exact) mass is 383 g/mol. The SMILES string of the molecule is COc1ccc(-c2cc(=O)n(CC(=O)NCc3ccc(Cl)cc3)cn2)cc1. The zero-order valence-electron chi connectivity index (χ0n) is 14.7. The van der Waals surface area contributed by atoms with E-state index in [9.17, 15) is 9.59 Å². The van der Waals surface area contributed by atoms with E-state index in [1.165, 1.54) is 17.0 Å². The fourth-order valence-corrected chi connectivity index (χ4v) is 2.60. The van der Waals surface area contributed by atoms with E-state index in [-0.39, 0.29) is 18.0 Å². The van der Waals surface area contributed by atoms with E-state index in [1.54, 1.807) is 31.4 Å². The summed E-state index contributed by atoms with van der Waals surface area (Å²) in [5.41, 5.74) is 1.97. The maximum absolute atomic E-state index is 12.3. The van der Waals surface area contributed by atoms with Gasteiger partial charge in [0.15, 0.2) is 0 Å². The second-order valence-corrected chi connectivity index (χ2v) is 6.31. The van der Waals surface area contributed by atoms with Gasteiger partial charge in [0.1, 0.15) is 12.3 Å². The van der Waals surface area contributed by atoms with E-state index in [0.717, 1.165) is 16.9 Å². The van der Waals surface area contributed by atoms with Crippen LogP contribution in [0, 0.1) is 0 Å². The molecule has 0 saturated carbocycles. The average molecular weight is 384 g/mol. The van der Waals surface area contributed by atoms with Crippen LogP contribution >= 0.6 is 11.6 Å². The van der Waals surface area contributed by atoms with Crippen molar-refractivity contribution >= 4 is 17.5 Å². The molecule has 27 heavy (non-hydrogen) atoms. The average Bonchev–Trinajstić information content (AvgIpc) is 2.69. The quantitative estimate of drug-likeness (QED) is 0.710. The highest BCUT2D eigenvalue weighted by atomic mass is 35.5. The van der Waals surface area contributed by atoms with E-state index in [0.29, 0.717) is 17.3 Å². The molecule has 1 aromatic heterocycles. The molecule has 6 nitrogen and oxygen atoms in total. The largest absolute Gasteiger partial charge is 0.497 e. The Labute approximate surface area is 161 Å². The van der Waals surface area contributed by atoms with Crippen molar-refractivity contribution < 1.29 is 9.53 Å². The number of amides is 1. The summed E-state index contributed by atoms with van der Waals surface area (Å²) in [5, 5.41) is 3.41. The summed E-state index contributed by atoms with van der Waals surface area (Å²) in [6.07, 6.45) is 1.38. The number of hydrogen-bond donors (Lipinski definition) is 1. The van der Waals surface area contributed by atoms with Crippen LogP contribution in [-0.2, 0) is 17.9 Å². The topological polar surface area (TPSA) is 73.2 Å². The van der Waals surface area contributed by atoms with Crippen molar-refractivity contribution in [2.45, 2.75) is 13.1 Å². The third-order valence-electron chi connectivity index (χ3n) is 3.98. The smallest absolute Gasteiger partial charge is 0.254 e. The van der Waals surface area contributed by atoms with Crippen molar-refractivity contribution in [3.8, 4) is 17.0 Å². The summed E-state index contributed by atoms with van der Waals surface area (Å²) in [6.45, 7) is 0.268. The van der Waals surface area contributed by atoms with Gasteiger partial charge in [-0.15, -0.1) is 0 Å². The molecule has 0 aliphatic heterocycles. The van der Waals surface area contributed by atoms with Crippen molar-refractivity contribution in [2.24, 2.45) is 0 Å². The highest BCUT2D eigenvalue weighted by Gasteiger charge is 2.07. The van der Waals surface area contributed by atoms with E-state index in [2.05, 4.69) is 10.3 Å². The third-order valence-corrected chi connectivity index (χ3v) is 4.23. The molecular weight excluding hydrogens is 366 g/mol. The molecule has 0 radical (unpaired) electrons. The Morgan fingerprint density at radius 1 is 1.15 bits per heavy atom. The Kier molecular flexibility index (Phi) is 5.88. The van der Waals surface area contributed by atoms with Crippen LogP contribution in [0.15, 0.2) is 65.7 Å². The van der Waals surface area contributed by atoms with Crippen LogP contribution in [0.2, 0.25) is 5.02 Å². The fourth-order valence-electron chi connectivity index (χ4n) is 2.48.